The molecule has 0 fully saturated rings. The lowest BCUT2D eigenvalue weighted by Crippen LogP contribution is -2.36. The van der Waals surface area contributed by atoms with Gasteiger partial charge in [0.2, 0.25) is 5.91 Å². The SMILES string of the molecule is Nc1ncc(SCC(=O)N2CCCc3ccccc32)s1. The van der Waals surface area contributed by atoms with Gasteiger partial charge in [-0.3, -0.25) is 4.79 Å². The third-order valence-electron chi connectivity index (χ3n) is 3.25. The van der Waals surface area contributed by atoms with Crippen molar-refractivity contribution < 1.29 is 4.79 Å². The maximum Gasteiger partial charge on any atom is 0.237 e. The van der Waals surface area contributed by atoms with Crippen LogP contribution in [0.5, 0.6) is 0 Å². The smallest absolute Gasteiger partial charge is 0.237 e. The van der Waals surface area contributed by atoms with E-state index in [0.29, 0.717) is 10.9 Å². The number of aromatic nitrogens is 1. The number of thioether (sulfide) groups is 1. The van der Waals surface area contributed by atoms with Gasteiger partial charge in [0, 0.05) is 12.2 Å². The summed E-state index contributed by atoms with van der Waals surface area (Å²) in [5.74, 6) is 0.574. The molecule has 20 heavy (non-hydrogen) atoms. The second-order valence-electron chi connectivity index (χ2n) is 4.58. The number of rotatable bonds is 3. The Hall–Kier alpha value is -1.53. The predicted octanol–water partition coefficient (Wildman–Crippen LogP) is 2.80. The highest BCUT2D eigenvalue weighted by molar-refractivity contribution is 8.01. The Bertz CT molecular complexity index is 626. The van der Waals surface area contributed by atoms with Crippen molar-refractivity contribution in [3.63, 3.8) is 0 Å². The fourth-order valence-corrected chi connectivity index (χ4v) is 3.98. The van der Waals surface area contributed by atoms with Gasteiger partial charge in [-0.1, -0.05) is 29.5 Å². The molecule has 0 radical (unpaired) electrons. The Kier molecular flexibility index (Phi) is 3.93. The van der Waals surface area contributed by atoms with Gasteiger partial charge in [-0.05, 0) is 24.5 Å². The van der Waals surface area contributed by atoms with Crippen molar-refractivity contribution in [2.45, 2.75) is 17.1 Å². The summed E-state index contributed by atoms with van der Waals surface area (Å²) in [6, 6.07) is 8.15. The third kappa shape index (κ3) is 2.81. The Morgan fingerprint density at radius 2 is 2.30 bits per heavy atom. The van der Waals surface area contributed by atoms with E-state index in [1.54, 1.807) is 6.20 Å². The highest BCUT2D eigenvalue weighted by Gasteiger charge is 2.22. The maximum absolute atomic E-state index is 12.4. The normalized spacial score (nSPS) is 14.1. The van der Waals surface area contributed by atoms with Crippen LogP contribution in [0, 0.1) is 0 Å². The number of nitrogens with zero attached hydrogens (tertiary/aromatic N) is 2. The van der Waals surface area contributed by atoms with Crippen molar-refractivity contribution in [1.29, 1.82) is 0 Å². The number of carbonyl (C=O) groups excluding carboxylic acids is 1. The molecule has 2 aromatic rings. The Balaban J connectivity index is 1.69. The molecule has 0 saturated carbocycles. The zero-order valence-electron chi connectivity index (χ0n) is 10.9. The third-order valence-corrected chi connectivity index (χ3v) is 5.26. The first-order valence-corrected chi connectivity index (χ1v) is 8.26. The predicted molar refractivity (Wildman–Crippen MR) is 84.4 cm³/mol. The number of thiazole rings is 1. The van der Waals surface area contributed by atoms with Crippen LogP contribution in [0.25, 0.3) is 0 Å². The fourth-order valence-electron chi connectivity index (χ4n) is 2.34. The van der Waals surface area contributed by atoms with E-state index >= 15 is 0 Å². The molecular weight excluding hydrogens is 290 g/mol. The minimum absolute atomic E-state index is 0.147. The van der Waals surface area contributed by atoms with Gasteiger partial charge in [0.1, 0.15) is 0 Å². The molecule has 4 nitrogen and oxygen atoms in total. The van der Waals surface area contributed by atoms with Gasteiger partial charge in [0.25, 0.3) is 0 Å². The van der Waals surface area contributed by atoms with E-state index in [1.807, 2.05) is 23.1 Å². The van der Waals surface area contributed by atoms with Crippen LogP contribution in [0.1, 0.15) is 12.0 Å². The summed E-state index contributed by atoms with van der Waals surface area (Å²) < 4.78 is 0.987. The van der Waals surface area contributed by atoms with Crippen LogP contribution < -0.4 is 10.6 Å². The lowest BCUT2D eigenvalue weighted by atomic mass is 10.0. The summed E-state index contributed by atoms with van der Waals surface area (Å²) in [6.45, 7) is 0.807. The summed E-state index contributed by atoms with van der Waals surface area (Å²) in [6.07, 6.45) is 3.81. The Labute approximate surface area is 126 Å². The molecule has 1 aromatic heterocycles. The second kappa shape index (κ2) is 5.85. The number of carbonyl (C=O) groups is 1. The molecule has 0 spiro atoms. The average Bonchev–Trinajstić information content (AvgIpc) is 2.90. The summed E-state index contributed by atoms with van der Waals surface area (Å²) >= 11 is 2.92. The molecule has 0 unspecified atom stereocenters. The molecule has 0 atom stereocenters. The van der Waals surface area contributed by atoms with Crippen LogP contribution in [-0.2, 0) is 11.2 Å². The van der Waals surface area contributed by atoms with Gasteiger partial charge in [-0.15, -0.1) is 11.8 Å². The summed E-state index contributed by atoms with van der Waals surface area (Å²) in [5, 5.41) is 0.545. The maximum atomic E-state index is 12.4. The number of aryl methyl sites for hydroxylation is 1. The molecule has 104 valence electrons. The van der Waals surface area contributed by atoms with E-state index in [1.165, 1.54) is 28.7 Å². The molecule has 6 heteroatoms. The van der Waals surface area contributed by atoms with E-state index in [9.17, 15) is 4.79 Å². The molecule has 1 amide bonds. The van der Waals surface area contributed by atoms with Crippen molar-refractivity contribution >= 4 is 39.8 Å². The van der Waals surface area contributed by atoms with Gasteiger partial charge in [-0.25, -0.2) is 4.98 Å². The van der Waals surface area contributed by atoms with Crippen LogP contribution in [0.3, 0.4) is 0 Å². The van der Waals surface area contributed by atoms with E-state index in [2.05, 4.69) is 11.1 Å². The highest BCUT2D eigenvalue weighted by Crippen LogP contribution is 2.30. The molecule has 1 aliphatic heterocycles. The number of nitrogens with two attached hydrogens (primary N) is 1. The minimum Gasteiger partial charge on any atom is -0.375 e. The van der Waals surface area contributed by atoms with Crippen molar-refractivity contribution in [1.82, 2.24) is 4.98 Å². The molecule has 3 rings (SSSR count). The highest BCUT2D eigenvalue weighted by atomic mass is 32.2. The standard InChI is InChI=1S/C14H15N3OS2/c15-14-16-8-13(20-14)19-9-12(18)17-7-3-5-10-4-1-2-6-11(10)17/h1-2,4,6,8H,3,5,7,9H2,(H2,15,16). The molecule has 0 aliphatic carbocycles. The topological polar surface area (TPSA) is 59.2 Å². The minimum atomic E-state index is 0.147. The van der Waals surface area contributed by atoms with Crippen LogP contribution in [0.15, 0.2) is 34.7 Å². The van der Waals surface area contributed by atoms with Gasteiger partial charge in [0.15, 0.2) is 5.13 Å². The zero-order valence-corrected chi connectivity index (χ0v) is 12.5. The van der Waals surface area contributed by atoms with E-state index in [0.717, 1.165) is 29.3 Å². The molecule has 1 aliphatic rings. The van der Waals surface area contributed by atoms with E-state index in [-0.39, 0.29) is 5.91 Å². The lowest BCUT2D eigenvalue weighted by molar-refractivity contribution is -0.116. The van der Waals surface area contributed by atoms with E-state index in [4.69, 9.17) is 5.73 Å². The van der Waals surface area contributed by atoms with Crippen LogP contribution in [0.2, 0.25) is 0 Å². The summed E-state index contributed by atoms with van der Waals surface area (Å²) in [7, 11) is 0. The van der Waals surface area contributed by atoms with E-state index < -0.39 is 0 Å². The summed E-state index contributed by atoms with van der Waals surface area (Å²) in [4.78, 5) is 18.3. The van der Waals surface area contributed by atoms with Crippen molar-refractivity contribution in [3.8, 4) is 0 Å². The number of para-hydroxylation sites is 1. The summed E-state index contributed by atoms with van der Waals surface area (Å²) in [5.41, 5.74) is 7.92. The molecule has 0 saturated heterocycles. The van der Waals surface area contributed by atoms with Crippen molar-refractivity contribution in [2.24, 2.45) is 0 Å². The number of hydrogen-bond acceptors (Lipinski definition) is 5. The van der Waals surface area contributed by atoms with Crippen LogP contribution >= 0.6 is 23.1 Å². The number of fused-ring (bicyclic) bond motifs is 1. The fraction of sp³-hybridized carbons (Fsp3) is 0.286. The number of nitrogen functional groups attached to an aromatic ring is 1. The quantitative estimate of drug-likeness (QED) is 0.886. The van der Waals surface area contributed by atoms with Crippen molar-refractivity contribution in [3.05, 3.63) is 36.0 Å². The monoisotopic (exact) mass is 305 g/mol. The first-order chi connectivity index (χ1) is 9.74. The largest absolute Gasteiger partial charge is 0.375 e. The van der Waals surface area contributed by atoms with Gasteiger partial charge in [-0.2, -0.15) is 0 Å². The van der Waals surface area contributed by atoms with Gasteiger partial charge < -0.3 is 10.6 Å². The molecule has 2 heterocycles. The number of amides is 1. The van der Waals surface area contributed by atoms with Crippen LogP contribution in [-0.4, -0.2) is 23.2 Å². The average molecular weight is 305 g/mol. The first-order valence-electron chi connectivity index (χ1n) is 6.46. The number of anilines is 2. The Morgan fingerprint density at radius 1 is 1.45 bits per heavy atom. The van der Waals surface area contributed by atoms with Gasteiger partial charge >= 0.3 is 0 Å². The molecule has 2 N–H and O–H groups in total. The van der Waals surface area contributed by atoms with Crippen LogP contribution in [0.4, 0.5) is 10.8 Å². The van der Waals surface area contributed by atoms with Gasteiger partial charge in [0.05, 0.1) is 16.2 Å². The molecule has 1 aromatic carbocycles. The Morgan fingerprint density at radius 3 is 3.10 bits per heavy atom. The molecular formula is C14H15N3OS2. The second-order valence-corrected chi connectivity index (χ2v) is 6.92. The number of benzene rings is 1. The first kappa shape index (κ1) is 13.5. The van der Waals surface area contributed by atoms with Crippen molar-refractivity contribution in [2.75, 3.05) is 22.9 Å². The zero-order chi connectivity index (χ0) is 13.9. The molecule has 0 bridgehead atoms. The number of hydrogen-bond donors (Lipinski definition) is 1. The lowest BCUT2D eigenvalue weighted by Gasteiger charge is -2.29.